The molecule has 4 nitrogen and oxygen atoms in total. The largest absolute Gasteiger partial charge is 0.487 e. The van der Waals surface area contributed by atoms with Crippen molar-refractivity contribution >= 4 is 5.69 Å². The molecule has 0 bridgehead atoms. The lowest BCUT2D eigenvalue weighted by Crippen LogP contribution is -2.11. The minimum Gasteiger partial charge on any atom is -0.487 e. The Hall–Kier alpha value is -1.58. The molecule has 1 rings (SSSR count). The number of nitro groups is 1. The quantitative estimate of drug-likeness (QED) is 0.583. The van der Waals surface area contributed by atoms with Crippen molar-refractivity contribution in [2.75, 3.05) is 6.61 Å². The lowest BCUT2D eigenvalue weighted by Gasteiger charge is -2.19. The number of ether oxygens (including phenoxy) is 1. The number of rotatable bonds is 3. The molecule has 1 aromatic rings. The van der Waals surface area contributed by atoms with Gasteiger partial charge in [0.25, 0.3) is 0 Å². The van der Waals surface area contributed by atoms with Gasteiger partial charge in [0.05, 0.1) is 11.5 Å². The lowest BCUT2D eigenvalue weighted by molar-refractivity contribution is -0.385. The van der Waals surface area contributed by atoms with Crippen molar-refractivity contribution < 1.29 is 9.66 Å². The second-order valence-electron chi connectivity index (χ2n) is 4.54. The number of hydrogen-bond acceptors (Lipinski definition) is 3. The first-order valence-electron chi connectivity index (χ1n) is 5.07. The molecule has 0 fully saturated rings. The minimum absolute atomic E-state index is 0.00363. The Balaban J connectivity index is 3.23. The maximum Gasteiger partial charge on any atom is 0.311 e. The van der Waals surface area contributed by atoms with Gasteiger partial charge in [-0.05, 0) is 24.0 Å². The fourth-order valence-corrected chi connectivity index (χ4v) is 1.36. The Morgan fingerprint density at radius 2 is 2.06 bits per heavy atom. The molecule has 0 heterocycles. The average Bonchev–Trinajstić information content (AvgIpc) is 2.16. The molecule has 0 spiro atoms. The van der Waals surface area contributed by atoms with Crippen LogP contribution >= 0.6 is 0 Å². The van der Waals surface area contributed by atoms with Crippen molar-refractivity contribution in [1.29, 1.82) is 0 Å². The number of hydrogen-bond donors (Lipinski definition) is 0. The molecule has 0 aromatic heterocycles. The highest BCUT2D eigenvalue weighted by Crippen LogP contribution is 2.32. The van der Waals surface area contributed by atoms with Crippen LogP contribution in [0.15, 0.2) is 18.2 Å². The van der Waals surface area contributed by atoms with Gasteiger partial charge in [0, 0.05) is 6.07 Å². The van der Waals surface area contributed by atoms with Gasteiger partial charge in [-0.3, -0.25) is 10.1 Å². The molecule has 1 aromatic carbocycles. The van der Waals surface area contributed by atoms with Crippen molar-refractivity contribution in [3.63, 3.8) is 0 Å². The van der Waals surface area contributed by atoms with Crippen LogP contribution in [0.4, 0.5) is 5.69 Å². The van der Waals surface area contributed by atoms with Gasteiger partial charge in [-0.25, -0.2) is 0 Å². The Kier molecular flexibility index (Phi) is 3.52. The van der Waals surface area contributed by atoms with Gasteiger partial charge in [-0.15, -0.1) is 0 Å². The van der Waals surface area contributed by atoms with E-state index in [-0.39, 0.29) is 23.5 Å². The van der Waals surface area contributed by atoms with Crippen molar-refractivity contribution in [2.45, 2.75) is 26.2 Å². The van der Waals surface area contributed by atoms with Crippen LogP contribution in [0, 0.1) is 17.0 Å². The summed E-state index contributed by atoms with van der Waals surface area (Å²) < 4.78 is 5.11. The van der Waals surface area contributed by atoms with Gasteiger partial charge < -0.3 is 4.74 Å². The van der Waals surface area contributed by atoms with Gasteiger partial charge in [-0.1, -0.05) is 26.8 Å². The number of benzene rings is 1. The molecule has 0 aliphatic carbocycles. The molecule has 0 amide bonds. The van der Waals surface area contributed by atoms with Crippen molar-refractivity contribution in [3.05, 3.63) is 40.8 Å². The number of nitrogens with zero attached hydrogens (tertiary/aromatic N) is 1. The zero-order chi connectivity index (χ0) is 12.3. The SMILES string of the molecule is [CH2]COc1ccc(C(C)(C)C)cc1[N+](=O)[O-]. The second-order valence-corrected chi connectivity index (χ2v) is 4.54. The van der Waals surface area contributed by atoms with E-state index in [4.69, 9.17) is 4.74 Å². The van der Waals surface area contributed by atoms with E-state index in [2.05, 4.69) is 6.92 Å². The third kappa shape index (κ3) is 2.72. The lowest BCUT2D eigenvalue weighted by atomic mass is 9.87. The maximum atomic E-state index is 10.9. The summed E-state index contributed by atoms with van der Waals surface area (Å²) in [6.45, 7) is 9.71. The molecule has 0 saturated heterocycles. The predicted molar refractivity (Wildman–Crippen MR) is 62.6 cm³/mol. The van der Waals surface area contributed by atoms with Crippen LogP contribution in [0.5, 0.6) is 5.75 Å². The summed E-state index contributed by atoms with van der Waals surface area (Å²) in [5, 5.41) is 10.9. The molecular weight excluding hydrogens is 206 g/mol. The Morgan fingerprint density at radius 3 is 2.50 bits per heavy atom. The highest BCUT2D eigenvalue weighted by molar-refractivity contribution is 5.50. The number of nitro benzene ring substituents is 1. The second kappa shape index (κ2) is 4.51. The molecule has 0 N–H and O–H groups in total. The summed E-state index contributed by atoms with van der Waals surface area (Å²) in [6.07, 6.45) is 0. The van der Waals surface area contributed by atoms with Crippen molar-refractivity contribution in [3.8, 4) is 5.75 Å². The molecule has 0 unspecified atom stereocenters. The van der Waals surface area contributed by atoms with E-state index in [0.29, 0.717) is 0 Å². The summed E-state index contributed by atoms with van der Waals surface area (Å²) >= 11 is 0. The first-order chi connectivity index (χ1) is 7.36. The fraction of sp³-hybridized carbons (Fsp3) is 0.417. The monoisotopic (exact) mass is 222 g/mol. The maximum absolute atomic E-state index is 10.9. The predicted octanol–water partition coefficient (Wildman–Crippen LogP) is 3.11. The van der Waals surface area contributed by atoms with E-state index in [0.717, 1.165) is 5.56 Å². The molecule has 16 heavy (non-hydrogen) atoms. The van der Waals surface area contributed by atoms with Crippen molar-refractivity contribution in [1.82, 2.24) is 0 Å². The molecule has 1 radical (unpaired) electrons. The van der Waals surface area contributed by atoms with Crippen LogP contribution in [0.3, 0.4) is 0 Å². The fourth-order valence-electron chi connectivity index (χ4n) is 1.36. The van der Waals surface area contributed by atoms with Crippen LogP contribution in [-0.2, 0) is 5.41 Å². The van der Waals surface area contributed by atoms with E-state index >= 15 is 0 Å². The minimum atomic E-state index is -0.430. The van der Waals surface area contributed by atoms with E-state index in [1.54, 1.807) is 12.1 Å². The molecule has 0 atom stereocenters. The Morgan fingerprint density at radius 1 is 1.44 bits per heavy atom. The first kappa shape index (κ1) is 12.5. The van der Waals surface area contributed by atoms with Gasteiger partial charge in [0.15, 0.2) is 5.75 Å². The highest BCUT2D eigenvalue weighted by Gasteiger charge is 2.21. The zero-order valence-corrected chi connectivity index (χ0v) is 9.82. The summed E-state index contributed by atoms with van der Waals surface area (Å²) in [5.41, 5.74) is 0.792. The average molecular weight is 222 g/mol. The van der Waals surface area contributed by atoms with Crippen molar-refractivity contribution in [2.24, 2.45) is 0 Å². The topological polar surface area (TPSA) is 52.4 Å². The molecule has 87 valence electrons. The molecule has 0 aliphatic heterocycles. The van der Waals surface area contributed by atoms with Crippen LogP contribution < -0.4 is 4.74 Å². The summed E-state index contributed by atoms with van der Waals surface area (Å²) in [7, 11) is 0. The van der Waals surface area contributed by atoms with E-state index in [1.165, 1.54) is 0 Å². The van der Waals surface area contributed by atoms with Crippen LogP contribution in [0.25, 0.3) is 0 Å². The summed E-state index contributed by atoms with van der Waals surface area (Å²) in [4.78, 5) is 10.5. The molecule has 0 aliphatic rings. The summed E-state index contributed by atoms with van der Waals surface area (Å²) in [6, 6.07) is 5.03. The third-order valence-corrected chi connectivity index (χ3v) is 2.28. The standard InChI is InChI=1S/C12H16NO3/c1-5-16-11-7-6-9(12(2,3)4)8-10(11)13(14)15/h6-8H,1,5H2,2-4H3. The third-order valence-electron chi connectivity index (χ3n) is 2.28. The van der Waals surface area contributed by atoms with Crippen LogP contribution in [0.2, 0.25) is 0 Å². The molecular formula is C12H16NO3. The van der Waals surface area contributed by atoms with Crippen LogP contribution in [0.1, 0.15) is 26.3 Å². The molecule has 0 saturated carbocycles. The van der Waals surface area contributed by atoms with Gasteiger partial charge in [0.1, 0.15) is 0 Å². The van der Waals surface area contributed by atoms with E-state index in [9.17, 15) is 10.1 Å². The zero-order valence-electron chi connectivity index (χ0n) is 9.82. The molecule has 4 heteroatoms. The highest BCUT2D eigenvalue weighted by atomic mass is 16.6. The van der Waals surface area contributed by atoms with Gasteiger partial charge in [0.2, 0.25) is 0 Å². The smallest absolute Gasteiger partial charge is 0.311 e. The van der Waals surface area contributed by atoms with E-state index in [1.807, 2.05) is 26.8 Å². The Bertz CT molecular complexity index is 394. The van der Waals surface area contributed by atoms with Crippen LogP contribution in [-0.4, -0.2) is 11.5 Å². The van der Waals surface area contributed by atoms with Gasteiger partial charge in [-0.2, -0.15) is 0 Å². The van der Waals surface area contributed by atoms with Gasteiger partial charge >= 0.3 is 5.69 Å². The normalized spacial score (nSPS) is 11.2. The Labute approximate surface area is 95.4 Å². The first-order valence-corrected chi connectivity index (χ1v) is 5.07. The summed E-state index contributed by atoms with van der Waals surface area (Å²) in [5.74, 6) is 0.271. The van der Waals surface area contributed by atoms with E-state index < -0.39 is 4.92 Å².